The first-order chi connectivity index (χ1) is 12.5. The van der Waals surface area contributed by atoms with Crippen LogP contribution in [0, 0.1) is 31.6 Å². The number of carboxylic acids is 1. The topological polar surface area (TPSA) is 49.3 Å². The van der Waals surface area contributed by atoms with E-state index in [9.17, 15) is 9.90 Å². The SMILES string of the molecule is Cc1cc(C)c2c(c1)NC(c1ccc(C(=O)O)cc1)C1C3CCC(C3)C21. The van der Waals surface area contributed by atoms with Crippen LogP contribution in [0.25, 0.3) is 0 Å². The summed E-state index contributed by atoms with van der Waals surface area (Å²) in [5.41, 5.74) is 7.16. The second kappa shape index (κ2) is 5.60. The molecule has 26 heavy (non-hydrogen) atoms. The Kier molecular flexibility index (Phi) is 3.43. The van der Waals surface area contributed by atoms with Crippen molar-refractivity contribution in [1.82, 2.24) is 0 Å². The van der Waals surface area contributed by atoms with Gasteiger partial charge in [-0.15, -0.1) is 0 Å². The van der Waals surface area contributed by atoms with Crippen LogP contribution < -0.4 is 5.32 Å². The third-order valence-electron chi connectivity index (χ3n) is 7.06. The molecule has 2 aliphatic carbocycles. The molecule has 2 aromatic rings. The minimum Gasteiger partial charge on any atom is -0.478 e. The zero-order chi connectivity index (χ0) is 18.0. The number of carbonyl (C=O) groups is 1. The minimum atomic E-state index is -0.859. The second-order valence-corrected chi connectivity index (χ2v) is 8.53. The molecule has 2 aromatic carbocycles. The van der Waals surface area contributed by atoms with Crippen molar-refractivity contribution in [2.24, 2.45) is 17.8 Å². The number of fused-ring (bicyclic) bond motifs is 7. The van der Waals surface area contributed by atoms with Crippen molar-refractivity contribution in [1.29, 1.82) is 0 Å². The smallest absolute Gasteiger partial charge is 0.335 e. The number of aryl methyl sites for hydroxylation is 2. The lowest BCUT2D eigenvalue weighted by Gasteiger charge is -2.44. The van der Waals surface area contributed by atoms with Crippen molar-refractivity contribution < 1.29 is 9.90 Å². The first-order valence-electron chi connectivity index (χ1n) is 9.74. The number of nitrogens with one attached hydrogen (secondary N) is 1. The van der Waals surface area contributed by atoms with Crippen molar-refractivity contribution in [3.05, 3.63) is 64.2 Å². The summed E-state index contributed by atoms with van der Waals surface area (Å²) in [5, 5.41) is 13.1. The van der Waals surface area contributed by atoms with Crippen LogP contribution in [0.1, 0.15) is 63.8 Å². The summed E-state index contributed by atoms with van der Waals surface area (Å²) in [7, 11) is 0. The van der Waals surface area contributed by atoms with Gasteiger partial charge in [-0.05, 0) is 97.2 Å². The van der Waals surface area contributed by atoms with Crippen LogP contribution in [-0.2, 0) is 0 Å². The normalized spacial score (nSPS) is 31.2. The van der Waals surface area contributed by atoms with E-state index in [0.717, 1.165) is 11.8 Å². The molecule has 0 amide bonds. The van der Waals surface area contributed by atoms with Gasteiger partial charge in [0.15, 0.2) is 0 Å². The summed E-state index contributed by atoms with van der Waals surface area (Å²) in [6.45, 7) is 4.43. The van der Waals surface area contributed by atoms with E-state index < -0.39 is 5.97 Å². The van der Waals surface area contributed by atoms with Crippen LogP contribution in [0.15, 0.2) is 36.4 Å². The molecule has 0 saturated heterocycles. The van der Waals surface area contributed by atoms with Gasteiger partial charge in [-0.25, -0.2) is 4.79 Å². The Morgan fingerprint density at radius 2 is 1.81 bits per heavy atom. The van der Waals surface area contributed by atoms with Crippen LogP contribution in [0.3, 0.4) is 0 Å². The zero-order valence-electron chi connectivity index (χ0n) is 15.3. The maximum Gasteiger partial charge on any atom is 0.335 e. The van der Waals surface area contributed by atoms with Crippen molar-refractivity contribution >= 4 is 11.7 Å². The molecule has 5 unspecified atom stereocenters. The van der Waals surface area contributed by atoms with Crippen molar-refractivity contribution in [3.63, 3.8) is 0 Å². The first kappa shape index (κ1) is 15.9. The summed E-state index contributed by atoms with van der Waals surface area (Å²) in [4.78, 5) is 11.2. The molecular formula is C23H25NO2. The number of hydrogen-bond donors (Lipinski definition) is 2. The lowest BCUT2D eigenvalue weighted by molar-refractivity contribution is 0.0697. The van der Waals surface area contributed by atoms with Gasteiger partial charge in [0.1, 0.15) is 0 Å². The maximum absolute atomic E-state index is 11.2. The van der Waals surface area contributed by atoms with E-state index in [0.29, 0.717) is 17.4 Å². The van der Waals surface area contributed by atoms with E-state index >= 15 is 0 Å². The number of benzene rings is 2. The molecule has 3 heteroatoms. The summed E-state index contributed by atoms with van der Waals surface area (Å²) < 4.78 is 0. The monoisotopic (exact) mass is 347 g/mol. The number of aromatic carboxylic acids is 1. The Morgan fingerprint density at radius 3 is 2.54 bits per heavy atom. The average molecular weight is 347 g/mol. The molecular weight excluding hydrogens is 322 g/mol. The Morgan fingerprint density at radius 1 is 1.08 bits per heavy atom. The highest BCUT2D eigenvalue weighted by Crippen LogP contribution is 2.64. The van der Waals surface area contributed by atoms with Gasteiger partial charge in [0.2, 0.25) is 0 Å². The molecule has 134 valence electrons. The maximum atomic E-state index is 11.2. The van der Waals surface area contributed by atoms with Crippen molar-refractivity contribution in [2.45, 2.75) is 45.1 Å². The second-order valence-electron chi connectivity index (χ2n) is 8.53. The fraction of sp³-hybridized carbons (Fsp3) is 0.435. The molecule has 3 nitrogen and oxygen atoms in total. The molecule has 1 heterocycles. The van der Waals surface area contributed by atoms with Crippen molar-refractivity contribution in [2.75, 3.05) is 5.32 Å². The predicted octanol–water partition coefficient (Wildman–Crippen LogP) is 5.30. The summed E-state index contributed by atoms with van der Waals surface area (Å²) >= 11 is 0. The largest absolute Gasteiger partial charge is 0.478 e. The van der Waals surface area contributed by atoms with Gasteiger partial charge in [-0.3, -0.25) is 0 Å². The number of hydrogen-bond acceptors (Lipinski definition) is 2. The molecule has 0 spiro atoms. The van der Waals surface area contributed by atoms with Crippen LogP contribution in [-0.4, -0.2) is 11.1 Å². The van der Waals surface area contributed by atoms with Gasteiger partial charge < -0.3 is 10.4 Å². The standard InChI is InChI=1S/C23H25NO2/c1-12-9-13(2)19-18(10-12)24-22(14-3-5-15(6-4-14)23(25)26)21-17-8-7-16(11-17)20(19)21/h3-6,9-10,16-17,20-22,24H,7-8,11H2,1-2H3,(H,25,26). The molecule has 2 bridgehead atoms. The Hall–Kier alpha value is -2.29. The highest BCUT2D eigenvalue weighted by atomic mass is 16.4. The zero-order valence-corrected chi connectivity index (χ0v) is 15.3. The highest BCUT2D eigenvalue weighted by Gasteiger charge is 2.54. The fourth-order valence-electron chi connectivity index (χ4n) is 6.19. The van der Waals surface area contributed by atoms with E-state index in [-0.39, 0.29) is 6.04 Å². The molecule has 5 rings (SSSR count). The van der Waals surface area contributed by atoms with Gasteiger partial charge >= 0.3 is 5.97 Å². The molecule has 2 N–H and O–H groups in total. The number of carboxylic acid groups (broad SMARTS) is 1. The van der Waals surface area contributed by atoms with E-state index in [1.54, 1.807) is 17.7 Å². The third kappa shape index (κ3) is 2.22. The molecule has 0 aromatic heterocycles. The molecule has 1 aliphatic heterocycles. The lowest BCUT2D eigenvalue weighted by atomic mass is 9.67. The Bertz CT molecular complexity index is 886. The van der Waals surface area contributed by atoms with E-state index in [1.165, 1.54) is 41.6 Å². The number of rotatable bonds is 2. The summed E-state index contributed by atoms with van der Waals surface area (Å²) in [6.07, 6.45) is 4.06. The highest BCUT2D eigenvalue weighted by molar-refractivity contribution is 5.87. The van der Waals surface area contributed by atoms with Gasteiger partial charge in [0.25, 0.3) is 0 Å². The van der Waals surface area contributed by atoms with Crippen molar-refractivity contribution in [3.8, 4) is 0 Å². The van der Waals surface area contributed by atoms with Gasteiger partial charge in [0, 0.05) is 5.69 Å². The molecule has 3 aliphatic rings. The third-order valence-corrected chi connectivity index (χ3v) is 7.06. The Labute approximate surface area is 154 Å². The van der Waals surface area contributed by atoms with Crippen LogP contribution in [0.2, 0.25) is 0 Å². The quantitative estimate of drug-likeness (QED) is 0.775. The van der Waals surface area contributed by atoms with Crippen LogP contribution in [0.5, 0.6) is 0 Å². The molecule has 2 fully saturated rings. The van der Waals surface area contributed by atoms with E-state index in [4.69, 9.17) is 0 Å². The van der Waals surface area contributed by atoms with E-state index in [1.807, 2.05) is 12.1 Å². The molecule has 0 radical (unpaired) electrons. The van der Waals surface area contributed by atoms with Gasteiger partial charge in [0.05, 0.1) is 11.6 Å². The molecule has 2 saturated carbocycles. The first-order valence-corrected chi connectivity index (χ1v) is 9.74. The minimum absolute atomic E-state index is 0.284. The fourth-order valence-corrected chi connectivity index (χ4v) is 6.19. The Balaban J connectivity index is 1.61. The van der Waals surface area contributed by atoms with Crippen LogP contribution >= 0.6 is 0 Å². The lowest BCUT2D eigenvalue weighted by Crippen LogP contribution is -2.36. The van der Waals surface area contributed by atoms with Gasteiger partial charge in [-0.2, -0.15) is 0 Å². The summed E-state index contributed by atoms with van der Waals surface area (Å²) in [5.74, 6) is 2.01. The van der Waals surface area contributed by atoms with E-state index in [2.05, 4.69) is 31.3 Å². The summed E-state index contributed by atoms with van der Waals surface area (Å²) in [6, 6.07) is 12.4. The van der Waals surface area contributed by atoms with Gasteiger partial charge in [-0.1, -0.05) is 18.2 Å². The predicted molar refractivity (Wildman–Crippen MR) is 103 cm³/mol. The van der Waals surface area contributed by atoms with Crippen LogP contribution in [0.4, 0.5) is 5.69 Å². The number of anilines is 1. The average Bonchev–Trinajstić information content (AvgIpc) is 3.22. The molecule has 5 atom stereocenters.